The minimum Gasteiger partial charge on any atom is -0.507 e. The van der Waals surface area contributed by atoms with Gasteiger partial charge in [0.15, 0.2) is 0 Å². The number of phenolic OH excluding ortho intramolecular Hbond substituents is 1. The summed E-state index contributed by atoms with van der Waals surface area (Å²) in [5.74, 6) is -0.892. The molecule has 2 rings (SSSR count). The number of benzene rings is 1. The second kappa shape index (κ2) is 4.68. The number of nitrogens with two attached hydrogens (primary N) is 1. The number of primary amides is 1. The molecule has 0 radical (unpaired) electrons. The number of amides is 2. The first-order chi connectivity index (χ1) is 8.50. The first-order valence-electron chi connectivity index (χ1n) is 5.90. The van der Waals surface area contributed by atoms with E-state index in [1.54, 1.807) is 12.1 Å². The molecule has 0 spiro atoms. The third-order valence-electron chi connectivity index (χ3n) is 3.23. The zero-order chi connectivity index (χ0) is 13.3. The van der Waals surface area contributed by atoms with Crippen molar-refractivity contribution in [2.24, 2.45) is 5.73 Å². The summed E-state index contributed by atoms with van der Waals surface area (Å²) in [5, 5.41) is 9.78. The molecule has 0 aromatic heterocycles. The molecule has 96 valence electrons. The van der Waals surface area contributed by atoms with Gasteiger partial charge in [0, 0.05) is 6.54 Å². The summed E-state index contributed by atoms with van der Waals surface area (Å²) in [6, 6.07) is 4.30. The minimum atomic E-state index is -0.557. The topological polar surface area (TPSA) is 83.6 Å². The van der Waals surface area contributed by atoms with Crippen LogP contribution in [-0.4, -0.2) is 34.4 Å². The fourth-order valence-electron chi connectivity index (χ4n) is 2.28. The Kier molecular flexibility index (Phi) is 3.23. The molecule has 5 heteroatoms. The Balaban J connectivity index is 2.28. The van der Waals surface area contributed by atoms with Crippen LogP contribution in [0.5, 0.6) is 5.75 Å². The third-order valence-corrected chi connectivity index (χ3v) is 3.23. The van der Waals surface area contributed by atoms with E-state index >= 15 is 0 Å². The summed E-state index contributed by atoms with van der Waals surface area (Å²) in [4.78, 5) is 24.9. The molecule has 2 amide bonds. The maximum atomic E-state index is 12.3. The number of aromatic hydroxyl groups is 1. The monoisotopic (exact) mass is 248 g/mol. The Morgan fingerprint density at radius 1 is 1.44 bits per heavy atom. The Bertz CT molecular complexity index is 499. The van der Waals surface area contributed by atoms with E-state index in [0.29, 0.717) is 13.0 Å². The highest BCUT2D eigenvalue weighted by atomic mass is 16.3. The Labute approximate surface area is 105 Å². The Hall–Kier alpha value is -2.04. The van der Waals surface area contributed by atoms with Crippen LogP contribution in [0.2, 0.25) is 0 Å². The van der Waals surface area contributed by atoms with Crippen LogP contribution in [-0.2, 0) is 4.79 Å². The van der Waals surface area contributed by atoms with Gasteiger partial charge < -0.3 is 15.7 Å². The zero-order valence-corrected chi connectivity index (χ0v) is 10.2. The predicted octanol–water partition coefficient (Wildman–Crippen LogP) is 0.791. The number of likely N-dealkylation sites (tertiary alicyclic amines) is 1. The molecule has 3 N–H and O–H groups in total. The van der Waals surface area contributed by atoms with Gasteiger partial charge >= 0.3 is 0 Å². The standard InChI is InChI=1S/C13H16N2O3/c1-8-4-5-9(11(16)7-8)13(18)15-6-2-3-10(15)12(14)17/h4-5,7,10,16H,2-3,6H2,1H3,(H2,14,17)/t10-/m0/s1. The van der Waals surface area contributed by atoms with Gasteiger partial charge in [-0.3, -0.25) is 9.59 Å². The lowest BCUT2D eigenvalue weighted by molar-refractivity contribution is -0.121. The number of aryl methyl sites for hydroxylation is 1. The zero-order valence-electron chi connectivity index (χ0n) is 10.2. The minimum absolute atomic E-state index is 0.0601. The lowest BCUT2D eigenvalue weighted by atomic mass is 10.1. The van der Waals surface area contributed by atoms with E-state index in [1.807, 2.05) is 6.92 Å². The molecule has 1 aliphatic heterocycles. The fourth-order valence-corrected chi connectivity index (χ4v) is 2.28. The maximum absolute atomic E-state index is 12.3. The van der Waals surface area contributed by atoms with Crippen molar-refractivity contribution in [3.05, 3.63) is 29.3 Å². The SMILES string of the molecule is Cc1ccc(C(=O)N2CCC[C@H]2C(N)=O)c(O)c1. The van der Waals surface area contributed by atoms with E-state index < -0.39 is 11.9 Å². The van der Waals surface area contributed by atoms with E-state index in [1.165, 1.54) is 11.0 Å². The highest BCUT2D eigenvalue weighted by molar-refractivity contribution is 5.99. The summed E-state index contributed by atoms with van der Waals surface area (Å²) in [6.07, 6.45) is 1.35. The summed E-state index contributed by atoms with van der Waals surface area (Å²) in [6.45, 7) is 2.33. The van der Waals surface area contributed by atoms with Crippen molar-refractivity contribution in [2.75, 3.05) is 6.54 Å². The number of phenols is 1. The third kappa shape index (κ3) is 2.16. The lowest BCUT2D eigenvalue weighted by Crippen LogP contribution is -2.43. The lowest BCUT2D eigenvalue weighted by Gasteiger charge is -2.22. The molecule has 1 aromatic rings. The van der Waals surface area contributed by atoms with E-state index in [0.717, 1.165) is 12.0 Å². The van der Waals surface area contributed by atoms with E-state index in [2.05, 4.69) is 0 Å². The van der Waals surface area contributed by atoms with Gasteiger partial charge in [0.25, 0.3) is 5.91 Å². The fraction of sp³-hybridized carbons (Fsp3) is 0.385. The molecule has 1 saturated heterocycles. The Morgan fingerprint density at radius 2 is 2.17 bits per heavy atom. The van der Waals surface area contributed by atoms with E-state index in [4.69, 9.17) is 5.73 Å². The molecular weight excluding hydrogens is 232 g/mol. The molecular formula is C13H16N2O3. The van der Waals surface area contributed by atoms with Crippen LogP contribution in [0.4, 0.5) is 0 Å². The van der Waals surface area contributed by atoms with Crippen LogP contribution >= 0.6 is 0 Å². The normalized spacial score (nSPS) is 18.9. The van der Waals surface area contributed by atoms with Crippen molar-refractivity contribution >= 4 is 11.8 Å². The molecule has 0 aliphatic carbocycles. The molecule has 0 unspecified atom stereocenters. The van der Waals surface area contributed by atoms with Crippen molar-refractivity contribution in [1.82, 2.24) is 4.90 Å². The molecule has 1 aliphatic rings. The van der Waals surface area contributed by atoms with Crippen LogP contribution in [0.3, 0.4) is 0 Å². The largest absolute Gasteiger partial charge is 0.507 e. The molecule has 0 saturated carbocycles. The van der Waals surface area contributed by atoms with Crippen LogP contribution in [0, 0.1) is 6.92 Å². The smallest absolute Gasteiger partial charge is 0.258 e. The van der Waals surface area contributed by atoms with Gasteiger partial charge in [-0.15, -0.1) is 0 Å². The van der Waals surface area contributed by atoms with Crippen molar-refractivity contribution in [2.45, 2.75) is 25.8 Å². The number of nitrogens with zero attached hydrogens (tertiary/aromatic N) is 1. The van der Waals surface area contributed by atoms with Gasteiger partial charge in [-0.2, -0.15) is 0 Å². The highest BCUT2D eigenvalue weighted by Crippen LogP contribution is 2.25. The van der Waals surface area contributed by atoms with Gasteiger partial charge in [-0.1, -0.05) is 6.07 Å². The number of hydrogen-bond donors (Lipinski definition) is 2. The average Bonchev–Trinajstić information content (AvgIpc) is 2.77. The van der Waals surface area contributed by atoms with Gasteiger partial charge in [-0.25, -0.2) is 0 Å². The average molecular weight is 248 g/mol. The van der Waals surface area contributed by atoms with Crippen LogP contribution in [0.15, 0.2) is 18.2 Å². The predicted molar refractivity (Wildman–Crippen MR) is 66.1 cm³/mol. The Morgan fingerprint density at radius 3 is 2.78 bits per heavy atom. The van der Waals surface area contributed by atoms with Crippen molar-refractivity contribution < 1.29 is 14.7 Å². The molecule has 0 bridgehead atoms. The summed E-state index contributed by atoms with van der Waals surface area (Å²) in [7, 11) is 0. The van der Waals surface area contributed by atoms with Gasteiger partial charge in [0.05, 0.1) is 5.56 Å². The summed E-state index contributed by atoms with van der Waals surface area (Å²) < 4.78 is 0. The highest BCUT2D eigenvalue weighted by Gasteiger charge is 2.33. The molecule has 1 aromatic carbocycles. The van der Waals surface area contributed by atoms with Crippen LogP contribution in [0.1, 0.15) is 28.8 Å². The summed E-state index contributed by atoms with van der Waals surface area (Å²) >= 11 is 0. The van der Waals surface area contributed by atoms with E-state index in [-0.39, 0.29) is 17.2 Å². The number of carbonyl (C=O) groups is 2. The number of rotatable bonds is 2. The first kappa shape index (κ1) is 12.4. The second-order valence-corrected chi connectivity index (χ2v) is 4.58. The summed E-state index contributed by atoms with van der Waals surface area (Å²) in [5.41, 5.74) is 6.36. The van der Waals surface area contributed by atoms with Gasteiger partial charge in [0.1, 0.15) is 11.8 Å². The first-order valence-corrected chi connectivity index (χ1v) is 5.90. The van der Waals surface area contributed by atoms with Crippen molar-refractivity contribution in [1.29, 1.82) is 0 Å². The molecule has 1 atom stereocenters. The second-order valence-electron chi connectivity index (χ2n) is 4.58. The molecule has 1 fully saturated rings. The maximum Gasteiger partial charge on any atom is 0.258 e. The van der Waals surface area contributed by atoms with E-state index in [9.17, 15) is 14.7 Å². The molecule has 5 nitrogen and oxygen atoms in total. The van der Waals surface area contributed by atoms with Gasteiger partial charge in [-0.05, 0) is 37.5 Å². The van der Waals surface area contributed by atoms with Crippen molar-refractivity contribution in [3.8, 4) is 5.75 Å². The van der Waals surface area contributed by atoms with Crippen molar-refractivity contribution in [3.63, 3.8) is 0 Å². The molecule has 1 heterocycles. The van der Waals surface area contributed by atoms with Crippen LogP contribution in [0.25, 0.3) is 0 Å². The number of hydrogen-bond acceptors (Lipinski definition) is 3. The quantitative estimate of drug-likeness (QED) is 0.811. The van der Waals surface area contributed by atoms with Gasteiger partial charge in [0.2, 0.25) is 5.91 Å². The molecule has 18 heavy (non-hydrogen) atoms. The van der Waals surface area contributed by atoms with Crippen LogP contribution < -0.4 is 5.73 Å². The number of carbonyl (C=O) groups excluding carboxylic acids is 2.